The summed E-state index contributed by atoms with van der Waals surface area (Å²) >= 11 is 0. The van der Waals surface area contributed by atoms with E-state index >= 15 is 0 Å². The predicted octanol–water partition coefficient (Wildman–Crippen LogP) is 1.79. The van der Waals surface area contributed by atoms with Crippen molar-refractivity contribution in [3.05, 3.63) is 69.9 Å². The largest absolute Gasteiger partial charge is 0.381 e. The van der Waals surface area contributed by atoms with Crippen LogP contribution in [0.4, 0.5) is 5.82 Å². The van der Waals surface area contributed by atoms with Crippen molar-refractivity contribution in [1.29, 1.82) is 0 Å². The van der Waals surface area contributed by atoms with Gasteiger partial charge >= 0.3 is 5.82 Å². The summed E-state index contributed by atoms with van der Waals surface area (Å²) < 4.78 is 3.43. The van der Waals surface area contributed by atoms with E-state index in [9.17, 15) is 10.1 Å². The van der Waals surface area contributed by atoms with Gasteiger partial charge in [0, 0.05) is 6.92 Å². The highest BCUT2D eigenvalue weighted by molar-refractivity contribution is 5.18. The lowest BCUT2D eigenvalue weighted by Gasteiger charge is -2.00. The molecule has 0 aliphatic carbocycles. The molecule has 0 fully saturated rings. The Morgan fingerprint density at radius 1 is 1.18 bits per heavy atom. The molecule has 2 aromatic heterocycles. The van der Waals surface area contributed by atoms with Crippen molar-refractivity contribution in [2.45, 2.75) is 20.0 Å². The molecule has 0 amide bonds. The van der Waals surface area contributed by atoms with Crippen molar-refractivity contribution in [2.75, 3.05) is 0 Å². The fraction of sp³-hybridized carbons (Fsp3) is 0.214. The van der Waals surface area contributed by atoms with Gasteiger partial charge in [-0.1, -0.05) is 35.5 Å². The third-order valence-corrected chi connectivity index (χ3v) is 3.26. The summed E-state index contributed by atoms with van der Waals surface area (Å²) in [5.41, 5.74) is 1.86. The van der Waals surface area contributed by atoms with E-state index in [0.717, 1.165) is 11.3 Å². The number of hydrogen-bond donors (Lipinski definition) is 0. The predicted molar refractivity (Wildman–Crippen MR) is 78.3 cm³/mol. The number of nitrogens with zero attached hydrogens (tertiary/aromatic N) is 6. The Balaban J connectivity index is 1.73. The second-order valence-electron chi connectivity index (χ2n) is 4.92. The molecule has 0 aliphatic heterocycles. The highest BCUT2D eigenvalue weighted by atomic mass is 16.6. The molecule has 0 unspecified atom stereocenters. The van der Waals surface area contributed by atoms with Crippen molar-refractivity contribution in [3.63, 3.8) is 0 Å². The van der Waals surface area contributed by atoms with Crippen LogP contribution in [0.25, 0.3) is 0 Å². The molecule has 0 bridgehead atoms. The van der Waals surface area contributed by atoms with Crippen LogP contribution in [-0.2, 0) is 13.1 Å². The molecule has 0 spiro atoms. The van der Waals surface area contributed by atoms with Crippen LogP contribution in [0.1, 0.15) is 17.1 Å². The van der Waals surface area contributed by atoms with Crippen LogP contribution in [0.5, 0.6) is 0 Å². The molecule has 22 heavy (non-hydrogen) atoms. The molecule has 8 nitrogen and oxygen atoms in total. The van der Waals surface area contributed by atoms with Crippen molar-refractivity contribution >= 4 is 5.82 Å². The normalized spacial score (nSPS) is 10.8. The van der Waals surface area contributed by atoms with Crippen molar-refractivity contribution in [1.82, 2.24) is 24.5 Å². The number of benzene rings is 1. The zero-order chi connectivity index (χ0) is 15.5. The molecule has 1 aromatic carbocycles. The first-order chi connectivity index (χ1) is 10.6. The fourth-order valence-corrected chi connectivity index (χ4v) is 2.17. The van der Waals surface area contributed by atoms with Crippen molar-refractivity contribution in [3.8, 4) is 0 Å². The highest BCUT2D eigenvalue weighted by Gasteiger charge is 2.16. The maximum absolute atomic E-state index is 10.7. The molecule has 0 aliphatic rings. The maximum Gasteiger partial charge on any atom is 0.381 e. The minimum absolute atomic E-state index is 0.158. The molecule has 0 N–H and O–H groups in total. The smallest absolute Gasteiger partial charge is 0.358 e. The van der Waals surface area contributed by atoms with E-state index < -0.39 is 4.92 Å². The van der Waals surface area contributed by atoms with Gasteiger partial charge in [-0.15, -0.1) is 5.10 Å². The standard InChI is InChI=1S/C14H14N6O2/c1-11-15-14(20(21)22)10-18(11)8-13-9-19(17-16-13)7-12-5-3-2-4-6-12/h2-6,9-10H,7-8H2,1H3. The number of rotatable bonds is 5. The van der Waals surface area contributed by atoms with E-state index in [1.807, 2.05) is 36.5 Å². The van der Waals surface area contributed by atoms with E-state index in [4.69, 9.17) is 0 Å². The van der Waals surface area contributed by atoms with Gasteiger partial charge in [-0.05, 0) is 15.5 Å². The number of aromatic nitrogens is 5. The molecular weight excluding hydrogens is 284 g/mol. The molecule has 0 saturated heterocycles. The Morgan fingerprint density at radius 3 is 2.64 bits per heavy atom. The first-order valence-corrected chi connectivity index (χ1v) is 6.73. The Kier molecular flexibility index (Phi) is 3.65. The zero-order valence-corrected chi connectivity index (χ0v) is 12.0. The SMILES string of the molecule is Cc1nc([N+](=O)[O-])cn1Cc1cn(Cc2ccccc2)nn1. The number of hydrogen-bond acceptors (Lipinski definition) is 5. The molecule has 112 valence electrons. The summed E-state index contributed by atoms with van der Waals surface area (Å²) in [6.45, 7) is 2.76. The third-order valence-electron chi connectivity index (χ3n) is 3.26. The highest BCUT2D eigenvalue weighted by Crippen LogP contribution is 2.12. The Labute approximate surface area is 126 Å². The average molecular weight is 298 g/mol. The second-order valence-corrected chi connectivity index (χ2v) is 4.92. The number of imidazole rings is 1. The zero-order valence-electron chi connectivity index (χ0n) is 12.0. The molecule has 2 heterocycles. The van der Waals surface area contributed by atoms with Gasteiger partial charge in [-0.25, -0.2) is 4.68 Å². The summed E-state index contributed by atoms with van der Waals surface area (Å²) in [4.78, 5) is 14.1. The molecule has 3 aromatic rings. The Hall–Kier alpha value is -3.03. The molecular formula is C14H14N6O2. The lowest BCUT2D eigenvalue weighted by Crippen LogP contribution is -2.01. The first kappa shape index (κ1) is 13.9. The third kappa shape index (κ3) is 3.00. The number of nitro groups is 1. The second kappa shape index (κ2) is 5.76. The summed E-state index contributed by atoms with van der Waals surface area (Å²) in [6.07, 6.45) is 3.24. The van der Waals surface area contributed by atoms with Crippen molar-refractivity contribution in [2.24, 2.45) is 0 Å². The van der Waals surface area contributed by atoms with Gasteiger partial charge in [0.2, 0.25) is 5.82 Å². The fourth-order valence-electron chi connectivity index (χ4n) is 2.17. The summed E-state index contributed by atoms with van der Waals surface area (Å²) in [7, 11) is 0. The maximum atomic E-state index is 10.7. The van der Waals surface area contributed by atoms with Gasteiger partial charge in [-0.2, -0.15) is 0 Å². The molecule has 0 radical (unpaired) electrons. The van der Waals surface area contributed by atoms with E-state index in [-0.39, 0.29) is 5.82 Å². The van der Waals surface area contributed by atoms with Crippen molar-refractivity contribution < 1.29 is 4.92 Å². The Morgan fingerprint density at radius 2 is 1.95 bits per heavy atom. The monoisotopic (exact) mass is 298 g/mol. The van der Waals surface area contributed by atoms with Gasteiger partial charge in [-0.3, -0.25) is 0 Å². The Bertz CT molecular complexity index is 793. The summed E-state index contributed by atoms with van der Waals surface area (Å²) in [5.74, 6) is 0.415. The van der Waals surface area contributed by atoms with E-state index in [1.54, 1.807) is 16.2 Å². The van der Waals surface area contributed by atoms with Crippen LogP contribution in [-0.4, -0.2) is 29.5 Å². The lowest BCUT2D eigenvalue weighted by atomic mass is 10.2. The molecule has 8 heteroatoms. The van der Waals surface area contributed by atoms with E-state index in [0.29, 0.717) is 18.9 Å². The van der Waals surface area contributed by atoms with Gasteiger partial charge in [0.15, 0.2) is 0 Å². The van der Waals surface area contributed by atoms with Gasteiger partial charge < -0.3 is 14.7 Å². The molecule has 3 rings (SSSR count). The minimum Gasteiger partial charge on any atom is -0.358 e. The first-order valence-electron chi connectivity index (χ1n) is 6.73. The van der Waals surface area contributed by atoms with Gasteiger partial charge in [0.25, 0.3) is 0 Å². The van der Waals surface area contributed by atoms with Crippen LogP contribution in [0, 0.1) is 17.0 Å². The van der Waals surface area contributed by atoms with Crippen LogP contribution < -0.4 is 0 Å². The lowest BCUT2D eigenvalue weighted by molar-refractivity contribution is -0.389. The van der Waals surface area contributed by atoms with Crippen LogP contribution >= 0.6 is 0 Å². The average Bonchev–Trinajstić information content (AvgIpc) is 3.08. The van der Waals surface area contributed by atoms with Crippen LogP contribution in [0.3, 0.4) is 0 Å². The summed E-state index contributed by atoms with van der Waals surface area (Å²) in [5, 5.41) is 18.9. The number of aryl methyl sites for hydroxylation is 1. The topological polar surface area (TPSA) is 91.7 Å². The van der Waals surface area contributed by atoms with Crippen LogP contribution in [0.15, 0.2) is 42.7 Å². The van der Waals surface area contributed by atoms with Gasteiger partial charge in [0.05, 0.1) is 19.3 Å². The van der Waals surface area contributed by atoms with E-state index in [1.165, 1.54) is 6.20 Å². The quantitative estimate of drug-likeness (QED) is 0.529. The minimum atomic E-state index is -0.504. The summed E-state index contributed by atoms with van der Waals surface area (Å²) in [6, 6.07) is 9.95. The van der Waals surface area contributed by atoms with Gasteiger partial charge in [0.1, 0.15) is 11.9 Å². The molecule has 0 saturated carbocycles. The molecule has 0 atom stereocenters. The van der Waals surface area contributed by atoms with E-state index in [2.05, 4.69) is 15.3 Å². The van der Waals surface area contributed by atoms with Crippen LogP contribution in [0.2, 0.25) is 0 Å².